The molecule has 0 radical (unpaired) electrons. The number of carbonyl (C=O) groups excluding carboxylic acids is 1. The molecule has 2 fully saturated rings. The zero-order valence-electron chi connectivity index (χ0n) is 13.1. The van der Waals surface area contributed by atoms with Crippen LogP contribution in [0, 0.1) is 11.8 Å². The molecule has 0 aromatic heterocycles. The number of rotatable bonds is 3. The Morgan fingerprint density at radius 2 is 2.10 bits per heavy atom. The topological polar surface area (TPSA) is 55.7 Å². The number of nitrogens with zero attached hydrogens (tertiary/aromatic N) is 2. The van der Waals surface area contributed by atoms with E-state index < -0.39 is 12.1 Å². The van der Waals surface area contributed by atoms with Gasteiger partial charge in [-0.3, -0.25) is 9.79 Å². The standard InChI is InChI=1S/C16H27N2O2/c1-5-10(2)17-11(3)14-15(19)12-8-6-7-9-13(12)18(4)16(14)20/h10,12-14,16H,5-9H2,1-4H3/q-1/t10-,12?,13?,14?,16?/m1/s1. The van der Waals surface area contributed by atoms with E-state index in [1.165, 1.54) is 0 Å². The largest absolute Gasteiger partial charge is 0.840 e. The zero-order valence-corrected chi connectivity index (χ0v) is 13.1. The second kappa shape index (κ2) is 6.35. The Morgan fingerprint density at radius 3 is 2.75 bits per heavy atom. The lowest BCUT2D eigenvalue weighted by molar-refractivity contribution is -0.468. The average Bonchev–Trinajstić information content (AvgIpc) is 2.45. The SMILES string of the molecule is CC[C@@H](C)N=C(C)C1C(=O)C2CCCCC2N(C)C1[O-]. The minimum atomic E-state index is -0.963. The predicted molar refractivity (Wildman–Crippen MR) is 78.7 cm³/mol. The van der Waals surface area contributed by atoms with Gasteiger partial charge in [-0.1, -0.05) is 26.0 Å². The number of fused-ring (bicyclic) bond motifs is 1. The molecular formula is C16H27N2O2-. The molecule has 4 heteroatoms. The van der Waals surface area contributed by atoms with Crippen molar-refractivity contribution >= 4 is 11.5 Å². The van der Waals surface area contributed by atoms with Gasteiger partial charge in [0.05, 0.1) is 5.92 Å². The van der Waals surface area contributed by atoms with Gasteiger partial charge in [0.1, 0.15) is 5.78 Å². The van der Waals surface area contributed by atoms with E-state index in [9.17, 15) is 9.90 Å². The van der Waals surface area contributed by atoms with Crippen LogP contribution in [0.2, 0.25) is 0 Å². The fourth-order valence-corrected chi connectivity index (χ4v) is 3.66. The lowest BCUT2D eigenvalue weighted by Crippen LogP contribution is -2.65. The molecule has 2 aliphatic rings. The third kappa shape index (κ3) is 2.82. The van der Waals surface area contributed by atoms with Crippen molar-refractivity contribution in [3.63, 3.8) is 0 Å². The molecule has 1 saturated carbocycles. The molecule has 4 unspecified atom stereocenters. The first-order valence-corrected chi connectivity index (χ1v) is 7.93. The first-order chi connectivity index (χ1) is 9.47. The van der Waals surface area contributed by atoms with Gasteiger partial charge < -0.3 is 10.0 Å². The number of carbonyl (C=O) groups is 1. The highest BCUT2D eigenvalue weighted by atomic mass is 16.3. The van der Waals surface area contributed by atoms with Crippen LogP contribution >= 0.6 is 0 Å². The number of hydrogen-bond donors (Lipinski definition) is 0. The second-order valence-electron chi connectivity index (χ2n) is 6.42. The number of Topliss-reactive ketones (excluding diaryl/α,β-unsaturated/α-hetero) is 1. The molecule has 20 heavy (non-hydrogen) atoms. The fourth-order valence-electron chi connectivity index (χ4n) is 3.66. The predicted octanol–water partition coefficient (Wildman–Crippen LogP) is 1.62. The molecule has 1 heterocycles. The summed E-state index contributed by atoms with van der Waals surface area (Å²) in [5, 5.41) is 12.6. The van der Waals surface area contributed by atoms with Crippen LogP contribution in [-0.4, -0.2) is 41.8 Å². The number of likely N-dealkylation sites (tertiary alicyclic amines) is 1. The Bertz CT molecular complexity index is 394. The van der Waals surface area contributed by atoms with Crippen LogP contribution in [0.25, 0.3) is 0 Å². The van der Waals surface area contributed by atoms with Crippen molar-refractivity contribution < 1.29 is 9.90 Å². The van der Waals surface area contributed by atoms with Crippen LogP contribution in [0.4, 0.5) is 0 Å². The molecule has 0 N–H and O–H groups in total. The van der Waals surface area contributed by atoms with Crippen LogP contribution in [0.1, 0.15) is 52.9 Å². The summed E-state index contributed by atoms with van der Waals surface area (Å²) in [4.78, 5) is 19.2. The van der Waals surface area contributed by atoms with Crippen molar-refractivity contribution in [3.05, 3.63) is 0 Å². The zero-order chi connectivity index (χ0) is 14.9. The third-order valence-electron chi connectivity index (χ3n) is 5.08. The van der Waals surface area contributed by atoms with Crippen molar-refractivity contribution in [2.24, 2.45) is 16.8 Å². The highest BCUT2D eigenvalue weighted by molar-refractivity contribution is 6.06. The van der Waals surface area contributed by atoms with Crippen LogP contribution in [0.5, 0.6) is 0 Å². The molecule has 0 aromatic rings. The van der Waals surface area contributed by atoms with Gasteiger partial charge in [-0.2, -0.15) is 0 Å². The Kier molecular flexibility index (Phi) is 4.97. The summed E-state index contributed by atoms with van der Waals surface area (Å²) in [5.41, 5.74) is 0.736. The molecule has 0 bridgehead atoms. The van der Waals surface area contributed by atoms with E-state index in [4.69, 9.17) is 0 Å². The van der Waals surface area contributed by atoms with E-state index >= 15 is 0 Å². The summed E-state index contributed by atoms with van der Waals surface area (Å²) in [5.74, 6) is -0.350. The number of aliphatic imine (C=N–C) groups is 1. The van der Waals surface area contributed by atoms with Gasteiger partial charge >= 0.3 is 0 Å². The lowest BCUT2D eigenvalue weighted by atomic mass is 9.72. The highest BCUT2D eigenvalue weighted by Gasteiger charge is 2.44. The van der Waals surface area contributed by atoms with Crippen molar-refractivity contribution in [3.8, 4) is 0 Å². The first kappa shape index (κ1) is 15.6. The summed E-state index contributed by atoms with van der Waals surface area (Å²) in [6.07, 6.45) is 4.14. The van der Waals surface area contributed by atoms with E-state index in [0.717, 1.165) is 37.8 Å². The van der Waals surface area contributed by atoms with Crippen LogP contribution in [0.3, 0.4) is 0 Å². The molecule has 0 aromatic carbocycles. The molecule has 114 valence electrons. The van der Waals surface area contributed by atoms with Crippen molar-refractivity contribution in [1.29, 1.82) is 0 Å². The molecule has 4 nitrogen and oxygen atoms in total. The Hall–Kier alpha value is -0.740. The first-order valence-electron chi connectivity index (χ1n) is 7.93. The summed E-state index contributed by atoms with van der Waals surface area (Å²) >= 11 is 0. The molecular weight excluding hydrogens is 252 g/mol. The van der Waals surface area contributed by atoms with E-state index in [1.54, 1.807) is 0 Å². The minimum absolute atomic E-state index is 0.0473. The minimum Gasteiger partial charge on any atom is -0.840 e. The van der Waals surface area contributed by atoms with Crippen LogP contribution in [0.15, 0.2) is 4.99 Å². The summed E-state index contributed by atoms with van der Waals surface area (Å²) in [7, 11) is 1.89. The van der Waals surface area contributed by atoms with Crippen LogP contribution < -0.4 is 5.11 Å². The van der Waals surface area contributed by atoms with Crippen LogP contribution in [-0.2, 0) is 4.79 Å². The maximum Gasteiger partial charge on any atom is 0.146 e. The van der Waals surface area contributed by atoms with Gasteiger partial charge in [-0.25, -0.2) is 0 Å². The number of hydrogen-bond acceptors (Lipinski definition) is 4. The lowest BCUT2D eigenvalue weighted by Gasteiger charge is -2.52. The summed E-state index contributed by atoms with van der Waals surface area (Å²) in [6.45, 7) is 5.96. The van der Waals surface area contributed by atoms with Crippen molar-refractivity contribution in [2.45, 2.75) is 71.2 Å². The number of ketones is 1. The van der Waals surface area contributed by atoms with E-state index in [2.05, 4.69) is 11.9 Å². The molecule has 0 amide bonds. The molecule has 2 rings (SSSR count). The third-order valence-corrected chi connectivity index (χ3v) is 5.08. The number of piperidine rings is 1. The van der Waals surface area contributed by atoms with Gasteiger partial charge in [0.2, 0.25) is 0 Å². The fraction of sp³-hybridized carbons (Fsp3) is 0.875. The molecule has 1 saturated heterocycles. The van der Waals surface area contributed by atoms with Crippen molar-refractivity contribution in [2.75, 3.05) is 7.05 Å². The molecule has 5 atom stereocenters. The van der Waals surface area contributed by atoms with Crippen molar-refractivity contribution in [1.82, 2.24) is 4.90 Å². The average molecular weight is 279 g/mol. The summed E-state index contributed by atoms with van der Waals surface area (Å²) < 4.78 is 0. The normalized spacial score (nSPS) is 37.6. The van der Waals surface area contributed by atoms with Gasteiger partial charge in [-0.15, -0.1) is 0 Å². The van der Waals surface area contributed by atoms with E-state index in [-0.39, 0.29) is 23.8 Å². The maximum atomic E-state index is 12.7. The quantitative estimate of drug-likeness (QED) is 0.738. The highest BCUT2D eigenvalue weighted by Crippen LogP contribution is 2.36. The van der Waals surface area contributed by atoms with Gasteiger partial charge in [0.15, 0.2) is 0 Å². The second-order valence-corrected chi connectivity index (χ2v) is 6.42. The monoisotopic (exact) mass is 279 g/mol. The van der Waals surface area contributed by atoms with E-state index in [1.807, 2.05) is 25.8 Å². The molecule has 1 aliphatic heterocycles. The van der Waals surface area contributed by atoms with Gasteiger partial charge in [-0.05, 0) is 40.2 Å². The van der Waals surface area contributed by atoms with Gasteiger partial charge in [0.25, 0.3) is 0 Å². The Labute approximate surface area is 122 Å². The molecule has 0 spiro atoms. The van der Waals surface area contributed by atoms with E-state index in [0.29, 0.717) is 0 Å². The Morgan fingerprint density at radius 1 is 1.45 bits per heavy atom. The maximum absolute atomic E-state index is 12.7. The summed E-state index contributed by atoms with van der Waals surface area (Å²) in [6, 6.07) is 0.343. The smallest absolute Gasteiger partial charge is 0.146 e. The molecule has 1 aliphatic carbocycles. The Balaban J connectivity index is 2.24. The van der Waals surface area contributed by atoms with Gasteiger partial charge in [0, 0.05) is 23.7 Å².